The fraction of sp³-hybridized carbons (Fsp3) is 0.385. The molecule has 1 aromatic rings. The highest BCUT2D eigenvalue weighted by molar-refractivity contribution is 5.82. The van der Waals surface area contributed by atoms with Crippen molar-refractivity contribution in [3.05, 3.63) is 39.9 Å². The topological polar surface area (TPSA) is 110 Å². The van der Waals surface area contributed by atoms with Crippen molar-refractivity contribution in [3.63, 3.8) is 0 Å². The van der Waals surface area contributed by atoms with Gasteiger partial charge in [0.05, 0.1) is 16.5 Å². The molecule has 0 heterocycles. The number of hydrogen-bond acceptors (Lipinski definition) is 5. The molecule has 0 saturated heterocycles. The molecule has 0 aliphatic heterocycles. The van der Waals surface area contributed by atoms with Gasteiger partial charge in [0.25, 0.3) is 5.69 Å². The van der Waals surface area contributed by atoms with Gasteiger partial charge in [-0.2, -0.15) is 0 Å². The Hall–Kier alpha value is -2.28. The van der Waals surface area contributed by atoms with E-state index in [1.165, 1.54) is 32.0 Å². The van der Waals surface area contributed by atoms with Gasteiger partial charge < -0.3 is 10.4 Å². The van der Waals surface area contributed by atoms with Crippen molar-refractivity contribution in [1.29, 1.82) is 0 Å². The van der Waals surface area contributed by atoms with Crippen molar-refractivity contribution in [2.75, 3.05) is 0 Å². The number of nitrogens with zero attached hydrogens (tertiary/aromatic N) is 1. The van der Waals surface area contributed by atoms with Gasteiger partial charge in [-0.1, -0.05) is 18.2 Å². The van der Waals surface area contributed by atoms with Crippen LogP contribution >= 0.6 is 0 Å². The van der Waals surface area contributed by atoms with Gasteiger partial charge in [-0.25, -0.2) is 0 Å². The number of aliphatic hydroxyl groups is 1. The molecule has 0 aliphatic carbocycles. The molecular weight excluding hydrogens is 264 g/mol. The number of rotatable bonds is 6. The van der Waals surface area contributed by atoms with Gasteiger partial charge in [0.2, 0.25) is 5.91 Å². The lowest BCUT2D eigenvalue weighted by atomic mass is 9.99. The van der Waals surface area contributed by atoms with E-state index in [9.17, 15) is 24.8 Å². The second kappa shape index (κ2) is 6.76. The lowest BCUT2D eigenvalue weighted by Crippen LogP contribution is -2.36. The van der Waals surface area contributed by atoms with Crippen molar-refractivity contribution < 1.29 is 19.6 Å². The van der Waals surface area contributed by atoms with Crippen LogP contribution in [0.15, 0.2) is 24.3 Å². The number of nitro groups is 1. The fourth-order valence-corrected chi connectivity index (χ4v) is 1.77. The summed E-state index contributed by atoms with van der Waals surface area (Å²) in [5.74, 6) is -0.909. The molecule has 0 aromatic heterocycles. The minimum absolute atomic E-state index is 0.0800. The molecule has 7 heteroatoms. The molecule has 2 N–H and O–H groups in total. The summed E-state index contributed by atoms with van der Waals surface area (Å²) in [5.41, 5.74) is 0.0614. The number of hydrogen-bond donors (Lipinski definition) is 2. The number of benzene rings is 1. The van der Waals surface area contributed by atoms with Crippen molar-refractivity contribution in [2.24, 2.45) is 0 Å². The first-order valence-electron chi connectivity index (χ1n) is 6.04. The average molecular weight is 280 g/mol. The number of Topliss-reactive ketones (excluding diaryl/α,β-unsaturated/α-hetero) is 1. The maximum Gasteiger partial charge on any atom is 0.274 e. The van der Waals surface area contributed by atoms with Crippen LogP contribution in [0.2, 0.25) is 0 Å². The first-order valence-corrected chi connectivity index (χ1v) is 6.04. The second-order valence-corrected chi connectivity index (χ2v) is 4.46. The highest BCUT2D eigenvalue weighted by atomic mass is 16.6. The Labute approximate surface area is 115 Å². The third kappa shape index (κ3) is 4.13. The van der Waals surface area contributed by atoms with Crippen molar-refractivity contribution in [1.82, 2.24) is 5.32 Å². The number of nitro benzene ring substituents is 1. The van der Waals surface area contributed by atoms with Crippen molar-refractivity contribution in [2.45, 2.75) is 32.4 Å². The van der Waals surface area contributed by atoms with Crippen LogP contribution in [0.4, 0.5) is 5.69 Å². The standard InChI is InChI=1S/C13H16N2O5/c1-8(16)7-11(14-13(18)9(2)17)10-5-3-4-6-12(10)15(19)20/h3-6,9,11,17H,7H2,1-2H3,(H,14,18). The Morgan fingerprint density at radius 2 is 2.00 bits per heavy atom. The molecule has 0 saturated carbocycles. The van der Waals surface area contributed by atoms with Gasteiger partial charge in [0.1, 0.15) is 11.9 Å². The van der Waals surface area contributed by atoms with E-state index in [0.29, 0.717) is 0 Å². The Balaban J connectivity index is 3.13. The van der Waals surface area contributed by atoms with Crippen molar-refractivity contribution >= 4 is 17.4 Å². The van der Waals surface area contributed by atoms with Crippen LogP contribution < -0.4 is 5.32 Å². The van der Waals surface area contributed by atoms with Gasteiger partial charge in [0, 0.05) is 12.5 Å². The van der Waals surface area contributed by atoms with Gasteiger partial charge in [-0.3, -0.25) is 19.7 Å². The van der Waals surface area contributed by atoms with E-state index >= 15 is 0 Å². The number of para-hydroxylation sites is 1. The summed E-state index contributed by atoms with van der Waals surface area (Å²) in [6, 6.07) is 5.04. The predicted octanol–water partition coefficient (Wildman–Crippen LogP) is 1.11. The van der Waals surface area contributed by atoms with Gasteiger partial charge in [-0.05, 0) is 13.8 Å². The predicted molar refractivity (Wildman–Crippen MR) is 71.0 cm³/mol. The normalized spacial score (nSPS) is 13.3. The maximum atomic E-state index is 11.5. The van der Waals surface area contributed by atoms with E-state index in [0.717, 1.165) is 0 Å². The largest absolute Gasteiger partial charge is 0.384 e. The minimum atomic E-state index is -1.26. The Morgan fingerprint density at radius 1 is 1.40 bits per heavy atom. The molecule has 1 aromatic carbocycles. The quantitative estimate of drug-likeness (QED) is 0.599. The minimum Gasteiger partial charge on any atom is -0.384 e. The first kappa shape index (κ1) is 15.8. The lowest BCUT2D eigenvalue weighted by Gasteiger charge is -2.19. The SMILES string of the molecule is CC(=O)CC(NC(=O)C(C)O)c1ccccc1[N+](=O)[O-]. The number of carbonyl (C=O) groups excluding carboxylic acids is 2. The summed E-state index contributed by atoms with van der Waals surface area (Å²) in [6.45, 7) is 2.61. The molecule has 0 aliphatic rings. The molecule has 7 nitrogen and oxygen atoms in total. The molecule has 0 fully saturated rings. The molecule has 0 bridgehead atoms. The number of aliphatic hydroxyl groups excluding tert-OH is 1. The third-order valence-corrected chi connectivity index (χ3v) is 2.70. The highest BCUT2D eigenvalue weighted by Gasteiger charge is 2.25. The van der Waals surface area contributed by atoms with Crippen LogP contribution in [-0.4, -0.2) is 27.8 Å². The van der Waals surface area contributed by atoms with Gasteiger partial charge in [0.15, 0.2) is 0 Å². The van der Waals surface area contributed by atoms with E-state index in [1.54, 1.807) is 6.07 Å². The summed E-state index contributed by atoms with van der Waals surface area (Å²) in [7, 11) is 0. The average Bonchev–Trinajstić information content (AvgIpc) is 2.37. The summed E-state index contributed by atoms with van der Waals surface area (Å²) >= 11 is 0. The van der Waals surface area contributed by atoms with Gasteiger partial charge in [-0.15, -0.1) is 0 Å². The fourth-order valence-electron chi connectivity index (χ4n) is 1.77. The van der Waals surface area contributed by atoms with Crippen LogP contribution in [0, 0.1) is 10.1 Å². The van der Waals surface area contributed by atoms with Crippen LogP contribution in [0.5, 0.6) is 0 Å². The Bertz CT molecular complexity index is 527. The summed E-state index contributed by atoms with van der Waals surface area (Å²) in [6.07, 6.45) is -1.34. The molecule has 2 unspecified atom stereocenters. The zero-order valence-corrected chi connectivity index (χ0v) is 11.2. The second-order valence-electron chi connectivity index (χ2n) is 4.46. The third-order valence-electron chi connectivity index (χ3n) is 2.70. The van der Waals surface area contributed by atoms with Crippen LogP contribution in [0.1, 0.15) is 31.9 Å². The highest BCUT2D eigenvalue weighted by Crippen LogP contribution is 2.27. The molecule has 2 atom stereocenters. The molecule has 1 rings (SSSR count). The summed E-state index contributed by atoms with van der Waals surface area (Å²) < 4.78 is 0. The van der Waals surface area contributed by atoms with E-state index in [1.807, 2.05) is 0 Å². The van der Waals surface area contributed by atoms with E-state index < -0.39 is 23.0 Å². The molecule has 108 valence electrons. The van der Waals surface area contributed by atoms with Crippen LogP contribution in [0.25, 0.3) is 0 Å². The zero-order chi connectivity index (χ0) is 15.3. The Morgan fingerprint density at radius 3 is 2.50 bits per heavy atom. The van der Waals surface area contributed by atoms with Gasteiger partial charge >= 0.3 is 0 Å². The molecular formula is C13H16N2O5. The molecule has 1 amide bonds. The monoisotopic (exact) mass is 280 g/mol. The molecule has 20 heavy (non-hydrogen) atoms. The first-order chi connectivity index (χ1) is 9.32. The zero-order valence-electron chi connectivity index (χ0n) is 11.2. The van der Waals surface area contributed by atoms with E-state index in [2.05, 4.69) is 5.32 Å². The number of nitrogens with one attached hydrogen (secondary N) is 1. The molecule has 0 radical (unpaired) electrons. The summed E-state index contributed by atoms with van der Waals surface area (Å²) in [5, 5.41) is 22.6. The molecule has 0 spiro atoms. The van der Waals surface area contributed by atoms with Crippen molar-refractivity contribution in [3.8, 4) is 0 Å². The summed E-state index contributed by atoms with van der Waals surface area (Å²) in [4.78, 5) is 33.2. The number of amides is 1. The van der Waals surface area contributed by atoms with Crippen LogP contribution in [-0.2, 0) is 9.59 Å². The van der Waals surface area contributed by atoms with E-state index in [-0.39, 0.29) is 23.5 Å². The van der Waals surface area contributed by atoms with Crippen LogP contribution in [0.3, 0.4) is 0 Å². The number of carbonyl (C=O) groups is 2. The maximum absolute atomic E-state index is 11.5. The number of ketones is 1. The van der Waals surface area contributed by atoms with E-state index in [4.69, 9.17) is 0 Å². The Kier molecular flexibility index (Phi) is 5.33. The lowest BCUT2D eigenvalue weighted by molar-refractivity contribution is -0.385. The smallest absolute Gasteiger partial charge is 0.274 e.